The molecule has 0 spiro atoms. The summed E-state index contributed by atoms with van der Waals surface area (Å²) < 4.78 is 0. The Bertz CT molecular complexity index is 577. The van der Waals surface area contributed by atoms with Crippen LogP contribution in [-0.4, -0.2) is 16.4 Å². The quantitative estimate of drug-likeness (QED) is 0.846. The number of hydrogen-bond acceptors (Lipinski definition) is 3. The second kappa shape index (κ2) is 5.27. The molecular weight excluding hydrogens is 242 g/mol. The molecule has 19 heavy (non-hydrogen) atoms. The molecule has 2 N–H and O–H groups in total. The number of carbonyl (C=O) groups excluding carboxylic acids is 1. The zero-order valence-electron chi connectivity index (χ0n) is 11.0. The first-order valence-electron chi connectivity index (χ1n) is 6.50. The van der Waals surface area contributed by atoms with Gasteiger partial charge in [0.05, 0.1) is 6.07 Å². The van der Waals surface area contributed by atoms with E-state index in [-0.39, 0.29) is 5.56 Å². The van der Waals surface area contributed by atoms with Crippen molar-refractivity contribution in [2.45, 2.75) is 44.6 Å². The van der Waals surface area contributed by atoms with Crippen LogP contribution >= 0.6 is 0 Å². The first-order valence-corrected chi connectivity index (χ1v) is 6.50. The van der Waals surface area contributed by atoms with Gasteiger partial charge in [-0.05, 0) is 31.9 Å². The summed E-state index contributed by atoms with van der Waals surface area (Å²) >= 11 is 0. The van der Waals surface area contributed by atoms with Gasteiger partial charge in [0.25, 0.3) is 11.5 Å². The van der Waals surface area contributed by atoms with E-state index in [2.05, 4.69) is 16.4 Å². The van der Waals surface area contributed by atoms with Gasteiger partial charge in [-0.25, -0.2) is 0 Å². The van der Waals surface area contributed by atoms with E-state index in [1.807, 2.05) is 0 Å². The van der Waals surface area contributed by atoms with Gasteiger partial charge in [-0.1, -0.05) is 19.3 Å². The van der Waals surface area contributed by atoms with Crippen molar-refractivity contribution < 1.29 is 4.79 Å². The average Bonchev–Trinajstić information content (AvgIpc) is 2.39. The number of hydrogen-bond donors (Lipinski definition) is 2. The molecule has 100 valence electrons. The molecule has 5 heteroatoms. The minimum atomic E-state index is -0.813. The standard InChI is InChI=1S/C14H17N3O2/c1-10-5-6-11(12(18)16-10)13(19)17-14(9-15)7-3-2-4-8-14/h5-6H,2-4,7-8H2,1H3,(H,16,18)(H,17,19). The second-order valence-electron chi connectivity index (χ2n) is 5.09. The fraction of sp³-hybridized carbons (Fsp3) is 0.500. The van der Waals surface area contributed by atoms with Gasteiger partial charge in [0.1, 0.15) is 11.1 Å². The molecule has 1 aromatic rings. The van der Waals surface area contributed by atoms with Gasteiger partial charge in [-0.3, -0.25) is 9.59 Å². The topological polar surface area (TPSA) is 85.8 Å². The van der Waals surface area contributed by atoms with Gasteiger partial charge in [0.15, 0.2) is 0 Å². The average molecular weight is 259 g/mol. The largest absolute Gasteiger partial charge is 0.334 e. The van der Waals surface area contributed by atoms with Crippen LogP contribution in [0.4, 0.5) is 0 Å². The first-order chi connectivity index (χ1) is 9.06. The molecule has 0 aliphatic heterocycles. The Morgan fingerprint density at radius 2 is 2.05 bits per heavy atom. The molecule has 0 aromatic carbocycles. The van der Waals surface area contributed by atoms with Crippen molar-refractivity contribution in [1.29, 1.82) is 5.26 Å². The summed E-state index contributed by atoms with van der Waals surface area (Å²) in [7, 11) is 0. The van der Waals surface area contributed by atoms with Gasteiger partial charge in [0, 0.05) is 5.69 Å². The minimum Gasteiger partial charge on any atom is -0.334 e. The predicted molar refractivity (Wildman–Crippen MR) is 70.7 cm³/mol. The Balaban J connectivity index is 2.20. The van der Waals surface area contributed by atoms with Gasteiger partial charge < -0.3 is 10.3 Å². The van der Waals surface area contributed by atoms with Crippen LogP contribution in [0.25, 0.3) is 0 Å². The van der Waals surface area contributed by atoms with Gasteiger partial charge in [-0.2, -0.15) is 5.26 Å². The molecule has 1 aliphatic rings. The number of carbonyl (C=O) groups is 1. The van der Waals surface area contributed by atoms with E-state index in [9.17, 15) is 14.9 Å². The van der Waals surface area contributed by atoms with Crippen molar-refractivity contribution in [1.82, 2.24) is 10.3 Å². The second-order valence-corrected chi connectivity index (χ2v) is 5.09. The number of aromatic amines is 1. The number of aryl methyl sites for hydroxylation is 1. The lowest BCUT2D eigenvalue weighted by Gasteiger charge is -2.31. The minimum absolute atomic E-state index is 0.0609. The molecule has 1 heterocycles. The van der Waals surface area contributed by atoms with E-state index in [4.69, 9.17) is 0 Å². The lowest BCUT2D eigenvalue weighted by Crippen LogP contribution is -2.49. The maximum atomic E-state index is 12.1. The molecule has 0 radical (unpaired) electrons. The highest BCUT2D eigenvalue weighted by Gasteiger charge is 2.34. The number of nitriles is 1. The van der Waals surface area contributed by atoms with Gasteiger partial charge in [-0.15, -0.1) is 0 Å². The van der Waals surface area contributed by atoms with Crippen LogP contribution < -0.4 is 10.9 Å². The fourth-order valence-electron chi connectivity index (χ4n) is 2.46. The molecule has 5 nitrogen and oxygen atoms in total. The molecule has 1 amide bonds. The summed E-state index contributed by atoms with van der Waals surface area (Å²) in [6.45, 7) is 1.75. The molecule has 0 atom stereocenters. The number of amides is 1. The van der Waals surface area contributed by atoms with Crippen LogP contribution in [-0.2, 0) is 0 Å². The van der Waals surface area contributed by atoms with Crippen molar-refractivity contribution in [2.24, 2.45) is 0 Å². The lowest BCUT2D eigenvalue weighted by atomic mass is 9.82. The molecule has 2 rings (SSSR count). The van der Waals surface area contributed by atoms with E-state index in [0.717, 1.165) is 19.3 Å². The SMILES string of the molecule is Cc1ccc(C(=O)NC2(C#N)CCCCC2)c(=O)[nH]1. The molecule has 1 aliphatic carbocycles. The molecule has 1 fully saturated rings. The smallest absolute Gasteiger partial charge is 0.260 e. The van der Waals surface area contributed by atoms with Crippen molar-refractivity contribution >= 4 is 5.91 Å². The third-order valence-electron chi connectivity index (χ3n) is 3.57. The molecule has 0 bridgehead atoms. The van der Waals surface area contributed by atoms with Crippen molar-refractivity contribution in [3.05, 3.63) is 33.7 Å². The number of aromatic nitrogens is 1. The normalized spacial score (nSPS) is 17.5. The summed E-state index contributed by atoms with van der Waals surface area (Å²) in [6.07, 6.45) is 4.25. The zero-order valence-corrected chi connectivity index (χ0v) is 11.0. The maximum Gasteiger partial charge on any atom is 0.260 e. The summed E-state index contributed by atoms with van der Waals surface area (Å²) in [5.41, 5.74) is -0.464. The van der Waals surface area contributed by atoms with Gasteiger partial charge >= 0.3 is 0 Å². The molecule has 1 saturated carbocycles. The van der Waals surface area contributed by atoms with Crippen molar-refractivity contribution in [3.8, 4) is 6.07 Å². The Labute approximate surface area is 111 Å². The summed E-state index contributed by atoms with van der Waals surface area (Å²) in [5.74, 6) is -0.468. The zero-order chi connectivity index (χ0) is 13.9. The fourth-order valence-corrected chi connectivity index (χ4v) is 2.46. The molecular formula is C14H17N3O2. The van der Waals surface area contributed by atoms with E-state index < -0.39 is 17.0 Å². The number of pyridine rings is 1. The molecule has 0 saturated heterocycles. The molecule has 1 aromatic heterocycles. The Morgan fingerprint density at radius 3 is 2.63 bits per heavy atom. The maximum absolute atomic E-state index is 12.1. The number of H-pyrrole nitrogens is 1. The monoisotopic (exact) mass is 259 g/mol. The van der Waals surface area contributed by atoms with E-state index in [1.165, 1.54) is 6.07 Å². The van der Waals surface area contributed by atoms with Crippen LogP contribution in [0.15, 0.2) is 16.9 Å². The Kier molecular flexibility index (Phi) is 3.70. The van der Waals surface area contributed by atoms with Crippen LogP contribution in [0, 0.1) is 18.3 Å². The highest BCUT2D eigenvalue weighted by Crippen LogP contribution is 2.27. The summed E-state index contributed by atoms with van der Waals surface area (Å²) in [5, 5.41) is 12.0. The van der Waals surface area contributed by atoms with Crippen LogP contribution in [0.5, 0.6) is 0 Å². The number of nitrogens with one attached hydrogen (secondary N) is 2. The van der Waals surface area contributed by atoms with Crippen LogP contribution in [0.3, 0.4) is 0 Å². The number of nitrogens with zero attached hydrogens (tertiary/aromatic N) is 1. The summed E-state index contributed by atoms with van der Waals surface area (Å²) in [4.78, 5) is 26.4. The first kappa shape index (κ1) is 13.3. The lowest BCUT2D eigenvalue weighted by molar-refractivity contribution is 0.0901. The van der Waals surface area contributed by atoms with E-state index >= 15 is 0 Å². The van der Waals surface area contributed by atoms with Crippen LogP contribution in [0.2, 0.25) is 0 Å². The van der Waals surface area contributed by atoms with E-state index in [0.29, 0.717) is 18.5 Å². The third kappa shape index (κ3) is 2.84. The van der Waals surface area contributed by atoms with Crippen molar-refractivity contribution in [3.63, 3.8) is 0 Å². The number of rotatable bonds is 2. The van der Waals surface area contributed by atoms with Gasteiger partial charge in [0.2, 0.25) is 0 Å². The summed E-state index contributed by atoms with van der Waals surface area (Å²) in [6, 6.07) is 5.38. The highest BCUT2D eigenvalue weighted by molar-refractivity contribution is 5.94. The third-order valence-corrected chi connectivity index (χ3v) is 3.57. The molecule has 0 unspecified atom stereocenters. The Hall–Kier alpha value is -2.09. The predicted octanol–water partition coefficient (Wildman–Crippen LogP) is 1.64. The Morgan fingerprint density at radius 1 is 1.37 bits per heavy atom. The van der Waals surface area contributed by atoms with Crippen LogP contribution in [0.1, 0.15) is 48.2 Å². The highest BCUT2D eigenvalue weighted by atomic mass is 16.2. The van der Waals surface area contributed by atoms with E-state index in [1.54, 1.807) is 13.0 Å². The van der Waals surface area contributed by atoms with Crippen molar-refractivity contribution in [2.75, 3.05) is 0 Å².